The van der Waals surface area contributed by atoms with Crippen LogP contribution in [0.1, 0.15) is 11.1 Å². The number of hydrogen-bond donors (Lipinski definition) is 1. The summed E-state index contributed by atoms with van der Waals surface area (Å²) in [5.74, 6) is 0.319. The Morgan fingerprint density at radius 3 is 2.71 bits per heavy atom. The first-order valence-corrected chi connectivity index (χ1v) is 6.72. The van der Waals surface area contributed by atoms with Crippen LogP contribution < -0.4 is 10.5 Å². The molecular formula is C17H15FN2O. The maximum atomic E-state index is 14.1. The van der Waals surface area contributed by atoms with Gasteiger partial charge in [0.25, 0.3) is 0 Å². The van der Waals surface area contributed by atoms with Crippen LogP contribution in [0.25, 0.3) is 10.9 Å². The molecule has 0 aliphatic carbocycles. The summed E-state index contributed by atoms with van der Waals surface area (Å²) in [7, 11) is 0. The lowest BCUT2D eigenvalue weighted by molar-refractivity contribution is 0.299. The largest absolute Gasteiger partial charge is 0.487 e. The number of nitrogens with zero attached hydrogens (tertiary/aromatic N) is 1. The molecular weight excluding hydrogens is 267 g/mol. The molecule has 106 valence electrons. The Hall–Kier alpha value is -2.46. The second-order valence-corrected chi connectivity index (χ2v) is 4.75. The van der Waals surface area contributed by atoms with E-state index in [0.29, 0.717) is 16.9 Å². The number of nitrogens with two attached hydrogens (primary N) is 1. The third kappa shape index (κ3) is 2.85. The van der Waals surface area contributed by atoms with Gasteiger partial charge in [-0.3, -0.25) is 4.98 Å². The fourth-order valence-corrected chi connectivity index (χ4v) is 2.19. The number of halogens is 1. The molecule has 2 aromatic carbocycles. The third-order valence-electron chi connectivity index (χ3n) is 3.34. The van der Waals surface area contributed by atoms with Gasteiger partial charge < -0.3 is 10.5 Å². The van der Waals surface area contributed by atoms with Gasteiger partial charge in [0.2, 0.25) is 0 Å². The van der Waals surface area contributed by atoms with Crippen LogP contribution in [0.15, 0.2) is 54.7 Å². The van der Waals surface area contributed by atoms with Crippen molar-refractivity contribution >= 4 is 10.9 Å². The van der Waals surface area contributed by atoms with Gasteiger partial charge in [0.1, 0.15) is 18.2 Å². The molecule has 0 aliphatic rings. The minimum absolute atomic E-state index is 0.152. The summed E-state index contributed by atoms with van der Waals surface area (Å²) in [6.45, 7) is 0.330. The molecule has 0 aliphatic heterocycles. The Kier molecular flexibility index (Phi) is 3.79. The average molecular weight is 282 g/mol. The van der Waals surface area contributed by atoms with Gasteiger partial charge in [-0.15, -0.1) is 0 Å². The molecule has 0 unspecified atom stereocenters. The minimum atomic E-state index is -0.297. The zero-order chi connectivity index (χ0) is 14.7. The molecule has 1 heterocycles. The van der Waals surface area contributed by atoms with Crippen molar-refractivity contribution in [1.82, 2.24) is 4.98 Å². The van der Waals surface area contributed by atoms with Crippen molar-refractivity contribution < 1.29 is 9.13 Å². The van der Waals surface area contributed by atoms with Crippen molar-refractivity contribution in [1.29, 1.82) is 0 Å². The van der Waals surface area contributed by atoms with Gasteiger partial charge in [0.15, 0.2) is 0 Å². The van der Waals surface area contributed by atoms with Crippen molar-refractivity contribution in [2.75, 3.05) is 0 Å². The Labute approximate surface area is 122 Å². The van der Waals surface area contributed by atoms with E-state index in [1.165, 1.54) is 0 Å². The lowest BCUT2D eigenvalue weighted by atomic mass is 10.1. The van der Waals surface area contributed by atoms with Crippen molar-refractivity contribution in [3.8, 4) is 5.75 Å². The average Bonchev–Trinajstić information content (AvgIpc) is 2.54. The van der Waals surface area contributed by atoms with E-state index in [1.807, 2.05) is 30.3 Å². The molecule has 21 heavy (non-hydrogen) atoms. The highest BCUT2D eigenvalue weighted by Crippen LogP contribution is 2.20. The van der Waals surface area contributed by atoms with Crippen molar-refractivity contribution in [2.24, 2.45) is 5.73 Å². The molecule has 1 aromatic heterocycles. The Morgan fingerprint density at radius 2 is 1.86 bits per heavy atom. The lowest BCUT2D eigenvalue weighted by Gasteiger charge is -2.09. The van der Waals surface area contributed by atoms with Crippen molar-refractivity contribution in [3.05, 3.63) is 71.7 Å². The van der Waals surface area contributed by atoms with Gasteiger partial charge in [-0.2, -0.15) is 0 Å². The number of ether oxygens (including phenoxy) is 1. The van der Waals surface area contributed by atoms with E-state index in [0.717, 1.165) is 10.9 Å². The molecule has 0 atom stereocenters. The predicted octanol–water partition coefficient (Wildman–Crippen LogP) is 3.41. The van der Waals surface area contributed by atoms with Crippen LogP contribution in [0.5, 0.6) is 5.75 Å². The number of fused-ring (bicyclic) bond motifs is 1. The highest BCUT2D eigenvalue weighted by molar-refractivity contribution is 5.79. The molecule has 0 radical (unpaired) electrons. The summed E-state index contributed by atoms with van der Waals surface area (Å²) < 4.78 is 19.7. The van der Waals surface area contributed by atoms with Crippen LogP contribution in [0.3, 0.4) is 0 Å². The molecule has 3 rings (SSSR count). The number of aromatic nitrogens is 1. The van der Waals surface area contributed by atoms with E-state index in [1.54, 1.807) is 24.4 Å². The van der Waals surface area contributed by atoms with Crippen LogP contribution in [-0.4, -0.2) is 4.98 Å². The first-order chi connectivity index (χ1) is 10.3. The fourth-order valence-electron chi connectivity index (χ4n) is 2.19. The smallest absolute Gasteiger partial charge is 0.138 e. The quantitative estimate of drug-likeness (QED) is 0.797. The van der Waals surface area contributed by atoms with Crippen molar-refractivity contribution in [3.63, 3.8) is 0 Å². The van der Waals surface area contributed by atoms with E-state index < -0.39 is 0 Å². The van der Waals surface area contributed by atoms with E-state index in [9.17, 15) is 4.39 Å². The van der Waals surface area contributed by atoms with E-state index in [4.69, 9.17) is 10.5 Å². The normalized spacial score (nSPS) is 10.8. The van der Waals surface area contributed by atoms with E-state index in [-0.39, 0.29) is 19.0 Å². The Bertz CT molecular complexity index is 774. The van der Waals surface area contributed by atoms with Gasteiger partial charge in [0.05, 0.1) is 11.7 Å². The summed E-state index contributed by atoms with van der Waals surface area (Å²) in [6, 6.07) is 14.8. The van der Waals surface area contributed by atoms with Gasteiger partial charge in [0, 0.05) is 23.1 Å². The standard InChI is InChI=1S/C17H15FN2O/c18-17-13(9-19)5-3-6-14(17)11-21-15-8-12-4-1-2-7-16(12)20-10-15/h1-8,10H,9,11,19H2. The molecule has 0 saturated heterocycles. The summed E-state index contributed by atoms with van der Waals surface area (Å²) in [5.41, 5.74) is 7.39. The molecule has 3 aromatic rings. The highest BCUT2D eigenvalue weighted by atomic mass is 19.1. The van der Waals surface area contributed by atoms with Gasteiger partial charge in [-0.1, -0.05) is 36.4 Å². The Morgan fingerprint density at radius 1 is 1.05 bits per heavy atom. The lowest BCUT2D eigenvalue weighted by Crippen LogP contribution is -2.05. The zero-order valence-corrected chi connectivity index (χ0v) is 11.4. The Balaban J connectivity index is 1.80. The van der Waals surface area contributed by atoms with Gasteiger partial charge in [-0.25, -0.2) is 4.39 Å². The number of rotatable bonds is 4. The molecule has 4 heteroatoms. The molecule has 0 amide bonds. The topological polar surface area (TPSA) is 48.1 Å². The number of pyridine rings is 1. The molecule has 2 N–H and O–H groups in total. The SMILES string of the molecule is NCc1cccc(COc2cnc3ccccc3c2)c1F. The fraction of sp³-hybridized carbons (Fsp3) is 0.118. The molecule has 0 spiro atoms. The van der Waals surface area contributed by atoms with E-state index in [2.05, 4.69) is 4.98 Å². The third-order valence-corrected chi connectivity index (χ3v) is 3.34. The number of benzene rings is 2. The van der Waals surface area contributed by atoms with Crippen LogP contribution in [0.2, 0.25) is 0 Å². The first kappa shape index (κ1) is 13.5. The molecule has 3 nitrogen and oxygen atoms in total. The summed E-state index contributed by atoms with van der Waals surface area (Å²) >= 11 is 0. The second kappa shape index (κ2) is 5.89. The maximum Gasteiger partial charge on any atom is 0.138 e. The van der Waals surface area contributed by atoms with Crippen LogP contribution in [0, 0.1) is 5.82 Å². The second-order valence-electron chi connectivity index (χ2n) is 4.75. The summed E-state index contributed by atoms with van der Waals surface area (Å²) in [5, 5.41) is 0.992. The minimum Gasteiger partial charge on any atom is -0.487 e. The van der Waals surface area contributed by atoms with Crippen LogP contribution in [0.4, 0.5) is 4.39 Å². The summed E-state index contributed by atoms with van der Waals surface area (Å²) in [4.78, 5) is 4.31. The molecule has 0 bridgehead atoms. The highest BCUT2D eigenvalue weighted by Gasteiger charge is 2.07. The number of para-hydroxylation sites is 1. The first-order valence-electron chi connectivity index (χ1n) is 6.72. The number of hydrogen-bond acceptors (Lipinski definition) is 3. The van der Waals surface area contributed by atoms with Gasteiger partial charge in [-0.05, 0) is 12.1 Å². The molecule has 0 fully saturated rings. The monoisotopic (exact) mass is 282 g/mol. The van der Waals surface area contributed by atoms with Gasteiger partial charge >= 0.3 is 0 Å². The summed E-state index contributed by atoms with van der Waals surface area (Å²) in [6.07, 6.45) is 1.65. The van der Waals surface area contributed by atoms with Crippen LogP contribution >= 0.6 is 0 Å². The maximum absolute atomic E-state index is 14.1. The zero-order valence-electron chi connectivity index (χ0n) is 11.4. The van der Waals surface area contributed by atoms with E-state index >= 15 is 0 Å². The predicted molar refractivity (Wildman–Crippen MR) is 80.4 cm³/mol. The van der Waals surface area contributed by atoms with Crippen LogP contribution in [-0.2, 0) is 13.2 Å². The molecule has 0 saturated carbocycles. The van der Waals surface area contributed by atoms with Crippen molar-refractivity contribution in [2.45, 2.75) is 13.2 Å².